The van der Waals surface area contributed by atoms with E-state index in [1.807, 2.05) is 18.3 Å². The van der Waals surface area contributed by atoms with E-state index in [4.69, 9.17) is 0 Å². The van der Waals surface area contributed by atoms with Gasteiger partial charge in [-0.15, -0.1) is 0 Å². The first-order valence-electron chi connectivity index (χ1n) is 13.3. The number of alkyl halides is 2. The summed E-state index contributed by atoms with van der Waals surface area (Å²) in [5.41, 5.74) is 1.75. The van der Waals surface area contributed by atoms with Crippen molar-refractivity contribution < 1.29 is 23.5 Å². The number of hydrogen-bond acceptors (Lipinski definition) is 6. The summed E-state index contributed by atoms with van der Waals surface area (Å²) in [6, 6.07) is 8.05. The number of anilines is 1. The van der Waals surface area contributed by atoms with Crippen LogP contribution in [0.2, 0.25) is 0 Å². The second-order valence-corrected chi connectivity index (χ2v) is 11.5. The number of aromatic nitrogens is 1. The minimum Gasteiger partial charge on any atom is -0.391 e. The molecule has 208 valence electrons. The standard InChI is InChI=1S/C29H35F2N5O3/c1-28(2,3)20-6-8-22(9-7-20)36(27(39)24-15-23(37)17-35(24)18-32)25(19-5-4-14-33-16-19)26(38)34-21-10-12-29(30,31)13-11-21/h4-9,14,16,21,23-25,37H,10-13,15,17H2,1-3H3,(H,34,38). The van der Waals surface area contributed by atoms with Gasteiger partial charge >= 0.3 is 0 Å². The van der Waals surface area contributed by atoms with Crippen LogP contribution in [0.3, 0.4) is 0 Å². The molecule has 0 bridgehead atoms. The Balaban J connectivity index is 1.76. The number of nitrogens with one attached hydrogen (secondary N) is 1. The molecule has 3 atom stereocenters. The monoisotopic (exact) mass is 539 g/mol. The number of hydrogen-bond donors (Lipinski definition) is 2. The Labute approximate surface area is 227 Å². The van der Waals surface area contributed by atoms with Gasteiger partial charge < -0.3 is 10.4 Å². The lowest BCUT2D eigenvalue weighted by Crippen LogP contribution is -2.52. The van der Waals surface area contributed by atoms with Gasteiger partial charge in [0.25, 0.3) is 5.91 Å². The van der Waals surface area contributed by atoms with Gasteiger partial charge in [0.15, 0.2) is 6.19 Å². The summed E-state index contributed by atoms with van der Waals surface area (Å²) in [7, 11) is 0. The van der Waals surface area contributed by atoms with E-state index in [-0.39, 0.29) is 44.1 Å². The van der Waals surface area contributed by atoms with Crippen molar-refractivity contribution in [2.45, 2.75) is 88.4 Å². The number of nitrogens with zero attached hydrogens (tertiary/aromatic N) is 4. The average molecular weight is 540 g/mol. The number of nitriles is 1. The molecule has 4 rings (SSSR count). The predicted octanol–water partition coefficient (Wildman–Crippen LogP) is 4.06. The number of β-amino-alcohol motifs (C(OH)–C–C–N with tert-alkyl or cyclic N) is 1. The summed E-state index contributed by atoms with van der Waals surface area (Å²) >= 11 is 0. The maximum atomic E-state index is 14.2. The van der Waals surface area contributed by atoms with Crippen LogP contribution >= 0.6 is 0 Å². The number of pyridine rings is 1. The lowest BCUT2D eigenvalue weighted by Gasteiger charge is -2.36. The van der Waals surface area contributed by atoms with Gasteiger partial charge in [-0.2, -0.15) is 5.26 Å². The highest BCUT2D eigenvalue weighted by atomic mass is 19.3. The second-order valence-electron chi connectivity index (χ2n) is 11.5. The smallest absolute Gasteiger partial charge is 0.251 e. The fourth-order valence-corrected chi connectivity index (χ4v) is 5.26. The molecule has 1 aliphatic carbocycles. The van der Waals surface area contributed by atoms with E-state index in [1.165, 1.54) is 16.0 Å². The van der Waals surface area contributed by atoms with E-state index in [2.05, 4.69) is 31.1 Å². The molecule has 39 heavy (non-hydrogen) atoms. The third-order valence-corrected chi connectivity index (χ3v) is 7.51. The molecule has 0 spiro atoms. The molecule has 3 unspecified atom stereocenters. The minimum absolute atomic E-state index is 0.0176. The zero-order valence-corrected chi connectivity index (χ0v) is 22.5. The van der Waals surface area contributed by atoms with Gasteiger partial charge in [0.1, 0.15) is 12.1 Å². The van der Waals surface area contributed by atoms with Crippen LogP contribution in [0.1, 0.15) is 70.0 Å². The summed E-state index contributed by atoms with van der Waals surface area (Å²) in [5.74, 6) is -3.78. The molecule has 2 heterocycles. The van der Waals surface area contributed by atoms with E-state index >= 15 is 0 Å². The van der Waals surface area contributed by atoms with Crippen LogP contribution in [0.5, 0.6) is 0 Å². The Kier molecular flexibility index (Phi) is 8.21. The van der Waals surface area contributed by atoms with Crippen LogP contribution in [-0.4, -0.2) is 57.5 Å². The van der Waals surface area contributed by atoms with Crippen LogP contribution in [0.15, 0.2) is 48.8 Å². The van der Waals surface area contributed by atoms with Gasteiger partial charge in [-0.25, -0.2) is 8.78 Å². The van der Waals surface area contributed by atoms with E-state index < -0.39 is 42.0 Å². The Hall–Kier alpha value is -3.58. The van der Waals surface area contributed by atoms with E-state index in [9.17, 15) is 28.7 Å². The van der Waals surface area contributed by atoms with Gasteiger partial charge in [0.2, 0.25) is 11.8 Å². The maximum Gasteiger partial charge on any atom is 0.251 e. The van der Waals surface area contributed by atoms with Gasteiger partial charge in [-0.05, 0) is 42.0 Å². The van der Waals surface area contributed by atoms with Gasteiger partial charge in [0, 0.05) is 48.9 Å². The summed E-state index contributed by atoms with van der Waals surface area (Å²) in [4.78, 5) is 34.8. The largest absolute Gasteiger partial charge is 0.391 e. The number of amides is 2. The Morgan fingerprint density at radius 1 is 1.21 bits per heavy atom. The molecular formula is C29H35F2N5O3. The van der Waals surface area contributed by atoms with Crippen LogP contribution in [0.4, 0.5) is 14.5 Å². The molecule has 2 aromatic rings. The number of rotatable bonds is 6. The Bertz CT molecular complexity index is 1200. The topological polar surface area (TPSA) is 110 Å². The molecule has 1 saturated carbocycles. The third-order valence-electron chi connectivity index (χ3n) is 7.51. The fourth-order valence-electron chi connectivity index (χ4n) is 5.26. The number of aliphatic hydroxyl groups is 1. The van der Waals surface area contributed by atoms with Crippen LogP contribution in [0.25, 0.3) is 0 Å². The number of carbonyl (C=O) groups excluding carboxylic acids is 2. The van der Waals surface area contributed by atoms with Crippen LogP contribution < -0.4 is 10.2 Å². The minimum atomic E-state index is -2.75. The molecule has 2 fully saturated rings. The van der Waals surface area contributed by atoms with Crippen molar-refractivity contribution in [1.82, 2.24) is 15.2 Å². The van der Waals surface area contributed by atoms with Gasteiger partial charge in [0.05, 0.1) is 12.6 Å². The maximum absolute atomic E-state index is 14.2. The van der Waals surface area contributed by atoms with Crippen molar-refractivity contribution >= 4 is 17.5 Å². The molecule has 0 radical (unpaired) electrons. The quantitative estimate of drug-likeness (QED) is 0.536. The number of likely N-dealkylation sites (tertiary alicyclic amines) is 1. The molecule has 1 aromatic carbocycles. The van der Waals surface area contributed by atoms with Crippen molar-refractivity contribution in [2.75, 3.05) is 11.4 Å². The number of halogens is 2. The molecular weight excluding hydrogens is 504 g/mol. The molecule has 10 heteroatoms. The molecule has 2 N–H and O–H groups in total. The first kappa shape index (κ1) is 28.4. The van der Waals surface area contributed by atoms with Gasteiger partial charge in [-0.3, -0.25) is 24.4 Å². The zero-order valence-electron chi connectivity index (χ0n) is 22.5. The Morgan fingerprint density at radius 2 is 1.87 bits per heavy atom. The molecule has 1 aliphatic heterocycles. The van der Waals surface area contributed by atoms with Crippen molar-refractivity contribution in [3.63, 3.8) is 0 Å². The Morgan fingerprint density at radius 3 is 2.44 bits per heavy atom. The lowest BCUT2D eigenvalue weighted by molar-refractivity contribution is -0.129. The highest BCUT2D eigenvalue weighted by Crippen LogP contribution is 2.35. The lowest BCUT2D eigenvalue weighted by atomic mass is 9.87. The van der Waals surface area contributed by atoms with Crippen molar-refractivity contribution in [3.8, 4) is 6.19 Å². The molecule has 8 nitrogen and oxygen atoms in total. The number of carbonyl (C=O) groups is 2. The summed E-state index contributed by atoms with van der Waals surface area (Å²) in [5, 5.41) is 22.8. The van der Waals surface area contributed by atoms with Gasteiger partial charge in [-0.1, -0.05) is 39.0 Å². The van der Waals surface area contributed by atoms with Crippen LogP contribution in [0, 0.1) is 11.5 Å². The van der Waals surface area contributed by atoms with Crippen molar-refractivity contribution in [1.29, 1.82) is 5.26 Å². The fraction of sp³-hybridized carbons (Fsp3) is 0.517. The third kappa shape index (κ3) is 6.53. The van der Waals surface area contributed by atoms with Crippen LogP contribution in [-0.2, 0) is 15.0 Å². The van der Waals surface area contributed by atoms with Crippen molar-refractivity contribution in [2.24, 2.45) is 0 Å². The normalized spacial score (nSPS) is 22.1. The van der Waals surface area contributed by atoms with E-state index in [1.54, 1.807) is 30.5 Å². The summed E-state index contributed by atoms with van der Waals surface area (Å²) in [6.07, 6.45) is 3.84. The predicted molar refractivity (Wildman–Crippen MR) is 142 cm³/mol. The van der Waals surface area contributed by atoms with E-state index in [0.29, 0.717) is 11.3 Å². The first-order valence-corrected chi connectivity index (χ1v) is 13.3. The molecule has 2 amide bonds. The second kappa shape index (κ2) is 11.3. The SMILES string of the molecule is CC(C)(C)c1ccc(N(C(=O)C2CC(O)CN2C#N)C(C(=O)NC2CCC(F)(F)CC2)c2cccnc2)cc1. The van der Waals surface area contributed by atoms with E-state index in [0.717, 1.165) is 5.56 Å². The summed E-state index contributed by atoms with van der Waals surface area (Å²) in [6.45, 7) is 6.21. The highest BCUT2D eigenvalue weighted by Gasteiger charge is 2.43. The zero-order chi connectivity index (χ0) is 28.4. The molecule has 1 saturated heterocycles. The van der Waals surface area contributed by atoms with Crippen molar-refractivity contribution in [3.05, 3.63) is 59.9 Å². The number of benzene rings is 1. The first-order chi connectivity index (χ1) is 18.4. The average Bonchev–Trinajstić information content (AvgIpc) is 3.29. The highest BCUT2D eigenvalue weighted by molar-refractivity contribution is 6.04. The number of aliphatic hydroxyl groups excluding tert-OH is 1. The summed E-state index contributed by atoms with van der Waals surface area (Å²) < 4.78 is 27.5. The molecule has 2 aliphatic rings. The molecule has 1 aromatic heterocycles.